The fourth-order valence-electron chi connectivity index (χ4n) is 4.24. The second kappa shape index (κ2) is 6.60. The minimum atomic E-state index is 0.400. The van der Waals surface area contributed by atoms with E-state index in [9.17, 15) is 0 Å². The smallest absolute Gasteiger partial charge is 0.141 e. The second-order valence-electron chi connectivity index (χ2n) is 7.16. The Morgan fingerprint density at radius 1 is 1.21 bits per heavy atom. The summed E-state index contributed by atoms with van der Waals surface area (Å²) in [6, 6.07) is 6.56. The van der Waals surface area contributed by atoms with Crippen LogP contribution in [0.4, 0.5) is 0 Å². The Balaban J connectivity index is 1.64. The molecule has 1 aromatic heterocycles. The van der Waals surface area contributed by atoms with Crippen molar-refractivity contribution in [2.24, 2.45) is 17.6 Å². The Kier molecular flexibility index (Phi) is 4.31. The van der Waals surface area contributed by atoms with Gasteiger partial charge in [-0.05, 0) is 63.1 Å². The van der Waals surface area contributed by atoms with Crippen molar-refractivity contribution in [1.82, 2.24) is 4.98 Å². The van der Waals surface area contributed by atoms with Gasteiger partial charge >= 0.3 is 0 Å². The number of nitrogens with zero attached hydrogens (tertiary/aromatic N) is 1. The third-order valence-electron chi connectivity index (χ3n) is 5.62. The first-order valence-corrected chi connectivity index (χ1v) is 9.17. The number of rotatable bonds is 3. The monoisotopic (exact) mass is 326 g/mol. The maximum absolute atomic E-state index is 6.09. The number of hydrogen-bond donors (Lipinski definition) is 1. The number of benzene rings is 1. The van der Waals surface area contributed by atoms with Gasteiger partial charge in [-0.15, -0.1) is 0 Å². The highest BCUT2D eigenvalue weighted by Crippen LogP contribution is 2.39. The molecule has 1 saturated carbocycles. The minimum absolute atomic E-state index is 0.400. The molecule has 128 valence electrons. The molecule has 0 bridgehead atoms. The number of nitrogens with two attached hydrogens (primary N) is 1. The molecule has 4 heteroatoms. The van der Waals surface area contributed by atoms with Crippen LogP contribution in [0.1, 0.15) is 38.2 Å². The van der Waals surface area contributed by atoms with Gasteiger partial charge in [-0.2, -0.15) is 0 Å². The van der Waals surface area contributed by atoms with E-state index in [-0.39, 0.29) is 0 Å². The van der Waals surface area contributed by atoms with Gasteiger partial charge in [0.05, 0.1) is 24.9 Å². The molecule has 1 atom stereocenters. The predicted octanol–water partition coefficient (Wildman–Crippen LogP) is 3.70. The van der Waals surface area contributed by atoms with Crippen LogP contribution in [0.5, 0.6) is 11.5 Å². The van der Waals surface area contributed by atoms with E-state index in [4.69, 9.17) is 15.2 Å². The van der Waals surface area contributed by atoms with Crippen LogP contribution < -0.4 is 15.2 Å². The van der Waals surface area contributed by atoms with Crippen LogP contribution in [0.2, 0.25) is 0 Å². The molecule has 1 unspecified atom stereocenters. The summed E-state index contributed by atoms with van der Waals surface area (Å²) in [5, 5.41) is 1.18. The first-order chi connectivity index (χ1) is 11.7. The second-order valence-corrected chi connectivity index (χ2v) is 7.16. The lowest BCUT2D eigenvalue weighted by Crippen LogP contribution is -2.34. The number of ether oxygens (including phenoxy) is 2. The number of aromatic nitrogens is 1. The Labute approximate surface area is 143 Å². The maximum atomic E-state index is 6.09. The molecule has 4 rings (SSSR count). The average Bonchev–Trinajstić information content (AvgIpc) is 2.62. The van der Waals surface area contributed by atoms with Crippen LogP contribution in [-0.4, -0.2) is 24.2 Å². The van der Waals surface area contributed by atoms with Crippen molar-refractivity contribution < 1.29 is 9.47 Å². The van der Waals surface area contributed by atoms with Gasteiger partial charge in [-0.3, -0.25) is 4.98 Å². The van der Waals surface area contributed by atoms with Crippen LogP contribution in [0, 0.1) is 11.8 Å². The number of pyridine rings is 1. The van der Waals surface area contributed by atoms with Crippen LogP contribution in [0.25, 0.3) is 10.9 Å². The van der Waals surface area contributed by atoms with E-state index in [2.05, 4.69) is 11.1 Å². The van der Waals surface area contributed by atoms with E-state index in [1.165, 1.54) is 23.8 Å². The molecular weight excluding hydrogens is 300 g/mol. The quantitative estimate of drug-likeness (QED) is 0.934. The van der Waals surface area contributed by atoms with Crippen molar-refractivity contribution in [2.45, 2.75) is 45.1 Å². The van der Waals surface area contributed by atoms with Crippen LogP contribution >= 0.6 is 0 Å². The van der Waals surface area contributed by atoms with Crippen molar-refractivity contribution in [3.8, 4) is 11.5 Å². The van der Waals surface area contributed by atoms with E-state index >= 15 is 0 Å². The van der Waals surface area contributed by atoms with Crippen molar-refractivity contribution >= 4 is 10.9 Å². The molecule has 2 aliphatic rings. The van der Waals surface area contributed by atoms with Crippen LogP contribution in [0.15, 0.2) is 24.4 Å². The summed E-state index contributed by atoms with van der Waals surface area (Å²) in [7, 11) is 0. The third kappa shape index (κ3) is 2.95. The average molecular weight is 326 g/mol. The summed E-state index contributed by atoms with van der Waals surface area (Å²) in [5.74, 6) is 3.17. The molecule has 2 N–H and O–H groups in total. The molecule has 0 saturated heterocycles. The van der Waals surface area contributed by atoms with Gasteiger partial charge in [-0.1, -0.05) is 0 Å². The highest BCUT2D eigenvalue weighted by Gasteiger charge is 2.31. The van der Waals surface area contributed by atoms with Crippen LogP contribution in [0.3, 0.4) is 0 Å². The number of fused-ring (bicyclic) bond motifs is 3. The third-order valence-corrected chi connectivity index (χ3v) is 5.62. The fourth-order valence-corrected chi connectivity index (χ4v) is 4.24. The molecule has 24 heavy (non-hydrogen) atoms. The molecule has 4 nitrogen and oxygen atoms in total. The van der Waals surface area contributed by atoms with E-state index in [1.54, 1.807) is 0 Å². The zero-order valence-corrected chi connectivity index (χ0v) is 14.3. The standard InChI is InChI=1S/C20H26N2O2/c1-2-23-16-7-8-19-17(10-16)18-9-14(12-24-20(18)11-22-19)13-3-5-15(21)6-4-13/h7-8,10-11,13-15H,2-6,9,12,21H2,1H3. The van der Waals surface area contributed by atoms with Crippen molar-refractivity contribution in [3.05, 3.63) is 30.0 Å². The Hall–Kier alpha value is -1.81. The lowest BCUT2D eigenvalue weighted by molar-refractivity contribution is 0.139. The van der Waals surface area contributed by atoms with E-state index in [0.29, 0.717) is 18.6 Å². The van der Waals surface area contributed by atoms with Gasteiger partial charge in [0, 0.05) is 22.9 Å². The summed E-state index contributed by atoms with van der Waals surface area (Å²) >= 11 is 0. The van der Waals surface area contributed by atoms with Gasteiger partial charge in [-0.25, -0.2) is 0 Å². The zero-order valence-electron chi connectivity index (χ0n) is 14.3. The van der Waals surface area contributed by atoms with Gasteiger partial charge in [0.2, 0.25) is 0 Å². The Morgan fingerprint density at radius 3 is 2.83 bits per heavy atom. The largest absolute Gasteiger partial charge is 0.494 e. The van der Waals surface area contributed by atoms with Gasteiger partial charge in [0.1, 0.15) is 11.5 Å². The summed E-state index contributed by atoms with van der Waals surface area (Å²) in [6.07, 6.45) is 7.73. The molecule has 0 spiro atoms. The topological polar surface area (TPSA) is 57.4 Å². The fraction of sp³-hybridized carbons (Fsp3) is 0.550. The summed E-state index contributed by atoms with van der Waals surface area (Å²) < 4.78 is 11.8. The lowest BCUT2D eigenvalue weighted by atomic mass is 9.75. The molecule has 2 heterocycles. The predicted molar refractivity (Wildman–Crippen MR) is 95.5 cm³/mol. The van der Waals surface area contributed by atoms with Crippen LogP contribution in [-0.2, 0) is 6.42 Å². The maximum Gasteiger partial charge on any atom is 0.141 e. The van der Waals surface area contributed by atoms with Crippen molar-refractivity contribution in [1.29, 1.82) is 0 Å². The van der Waals surface area contributed by atoms with Gasteiger partial charge < -0.3 is 15.2 Å². The molecule has 1 aliphatic carbocycles. The van der Waals surface area contributed by atoms with Crippen molar-refractivity contribution in [2.75, 3.05) is 13.2 Å². The zero-order chi connectivity index (χ0) is 16.5. The minimum Gasteiger partial charge on any atom is -0.494 e. The first-order valence-electron chi connectivity index (χ1n) is 9.17. The molecule has 2 aromatic rings. The first kappa shape index (κ1) is 15.7. The van der Waals surface area contributed by atoms with Gasteiger partial charge in [0.15, 0.2) is 0 Å². The highest BCUT2D eigenvalue weighted by atomic mass is 16.5. The van der Waals surface area contributed by atoms with Crippen molar-refractivity contribution in [3.63, 3.8) is 0 Å². The van der Waals surface area contributed by atoms with E-state index in [0.717, 1.165) is 48.8 Å². The molecule has 1 aliphatic heterocycles. The molecule has 1 fully saturated rings. The summed E-state index contributed by atoms with van der Waals surface area (Å²) in [4.78, 5) is 4.55. The summed E-state index contributed by atoms with van der Waals surface area (Å²) in [6.45, 7) is 3.50. The molecule has 1 aromatic carbocycles. The molecule has 0 radical (unpaired) electrons. The lowest BCUT2D eigenvalue weighted by Gasteiger charge is -2.35. The van der Waals surface area contributed by atoms with E-state index in [1.807, 2.05) is 25.3 Å². The van der Waals surface area contributed by atoms with Gasteiger partial charge in [0.25, 0.3) is 0 Å². The summed E-state index contributed by atoms with van der Waals surface area (Å²) in [5.41, 5.74) is 8.39. The normalized spacial score (nSPS) is 26.7. The molecular formula is C20H26N2O2. The SMILES string of the molecule is CCOc1ccc2ncc3c(c2c1)CC(C1CCC(N)CC1)CO3. The Morgan fingerprint density at radius 2 is 2.04 bits per heavy atom. The number of hydrogen-bond acceptors (Lipinski definition) is 4. The van der Waals surface area contributed by atoms with E-state index < -0.39 is 0 Å². The molecule has 0 amide bonds. The Bertz CT molecular complexity index is 723. The highest BCUT2D eigenvalue weighted by molar-refractivity contribution is 5.85.